The molecule has 0 aromatic heterocycles. The van der Waals surface area contributed by atoms with E-state index in [1.54, 1.807) is 0 Å². The summed E-state index contributed by atoms with van der Waals surface area (Å²) in [6.07, 6.45) is -1.22. The standard InChI is InChI=1S/C11H20N4O6S/c1-5(16)9(15-7(17)2-12)11(21)14-6(4-22)10(20)13-3-8(18)19/h5-6,9,16,22H,2-4,12H2,1H3,(H,13,20)(H,14,21)(H,15,17)(H,18,19)/t5-,6+,9+/m1/s1. The van der Waals surface area contributed by atoms with Crippen molar-refractivity contribution in [3.63, 3.8) is 0 Å². The molecule has 0 radical (unpaired) electrons. The molecule has 0 saturated carbocycles. The Balaban J connectivity index is 4.75. The summed E-state index contributed by atoms with van der Waals surface area (Å²) in [6.45, 7) is 0.301. The number of aliphatic carboxylic acids is 1. The highest BCUT2D eigenvalue weighted by Gasteiger charge is 2.29. The number of aliphatic hydroxyl groups is 1. The third-order valence-electron chi connectivity index (χ3n) is 2.50. The summed E-state index contributed by atoms with van der Waals surface area (Å²) in [7, 11) is 0. The Morgan fingerprint density at radius 2 is 1.77 bits per heavy atom. The molecule has 0 aliphatic rings. The Labute approximate surface area is 132 Å². The summed E-state index contributed by atoms with van der Waals surface area (Å²) < 4.78 is 0. The van der Waals surface area contributed by atoms with Crippen molar-refractivity contribution in [1.29, 1.82) is 0 Å². The van der Waals surface area contributed by atoms with Crippen LogP contribution in [0.25, 0.3) is 0 Å². The van der Waals surface area contributed by atoms with Gasteiger partial charge < -0.3 is 31.9 Å². The number of thiol groups is 1. The number of nitrogens with one attached hydrogen (secondary N) is 3. The lowest BCUT2D eigenvalue weighted by Gasteiger charge is -2.23. The fraction of sp³-hybridized carbons (Fsp3) is 0.636. The van der Waals surface area contributed by atoms with E-state index in [1.807, 2.05) is 0 Å². The van der Waals surface area contributed by atoms with Gasteiger partial charge in [0.15, 0.2) is 0 Å². The van der Waals surface area contributed by atoms with E-state index in [4.69, 9.17) is 10.8 Å². The van der Waals surface area contributed by atoms with E-state index in [-0.39, 0.29) is 12.3 Å². The molecule has 0 aromatic carbocycles. The lowest BCUT2D eigenvalue weighted by molar-refractivity contribution is -0.138. The predicted octanol–water partition coefficient (Wildman–Crippen LogP) is -3.57. The van der Waals surface area contributed by atoms with Crippen LogP contribution in [0, 0.1) is 0 Å². The van der Waals surface area contributed by atoms with Gasteiger partial charge in [-0.25, -0.2) is 0 Å². The van der Waals surface area contributed by atoms with Gasteiger partial charge in [-0.2, -0.15) is 12.6 Å². The summed E-state index contributed by atoms with van der Waals surface area (Å²) in [5.41, 5.74) is 5.11. The molecular weight excluding hydrogens is 316 g/mol. The molecule has 7 N–H and O–H groups in total. The smallest absolute Gasteiger partial charge is 0.322 e. The van der Waals surface area contributed by atoms with Gasteiger partial charge >= 0.3 is 5.97 Å². The third-order valence-corrected chi connectivity index (χ3v) is 2.86. The Hall–Kier alpha value is -1.85. The summed E-state index contributed by atoms with van der Waals surface area (Å²) >= 11 is 3.89. The van der Waals surface area contributed by atoms with Crippen LogP contribution in [0.1, 0.15) is 6.92 Å². The molecule has 0 fully saturated rings. The average molecular weight is 336 g/mol. The number of rotatable bonds is 9. The molecule has 11 heteroatoms. The van der Waals surface area contributed by atoms with Gasteiger partial charge in [0, 0.05) is 5.75 Å². The average Bonchev–Trinajstić information content (AvgIpc) is 2.46. The molecule has 0 heterocycles. The second kappa shape index (κ2) is 9.97. The molecule has 0 aliphatic carbocycles. The van der Waals surface area contributed by atoms with Crippen LogP contribution in [0.2, 0.25) is 0 Å². The molecule has 0 saturated heterocycles. The molecule has 0 aliphatic heterocycles. The Bertz CT molecular complexity index is 431. The summed E-state index contributed by atoms with van der Waals surface area (Å²) in [5, 5.41) is 24.5. The molecule has 3 atom stereocenters. The highest BCUT2D eigenvalue weighted by Crippen LogP contribution is 1.97. The molecule has 126 valence electrons. The maximum atomic E-state index is 12.0. The zero-order valence-electron chi connectivity index (χ0n) is 11.9. The van der Waals surface area contributed by atoms with Crippen LogP contribution in [-0.2, 0) is 19.2 Å². The van der Waals surface area contributed by atoms with Crippen molar-refractivity contribution < 1.29 is 29.4 Å². The van der Waals surface area contributed by atoms with Crippen molar-refractivity contribution in [3.05, 3.63) is 0 Å². The van der Waals surface area contributed by atoms with Crippen LogP contribution in [0.3, 0.4) is 0 Å². The van der Waals surface area contributed by atoms with Crippen molar-refractivity contribution in [2.75, 3.05) is 18.8 Å². The number of carboxylic acid groups (broad SMARTS) is 1. The molecule has 3 amide bonds. The largest absolute Gasteiger partial charge is 0.480 e. The topological polar surface area (TPSA) is 171 Å². The van der Waals surface area contributed by atoms with E-state index in [0.717, 1.165) is 0 Å². The number of aliphatic hydroxyl groups excluding tert-OH is 1. The lowest BCUT2D eigenvalue weighted by atomic mass is 10.1. The maximum absolute atomic E-state index is 12.0. The minimum Gasteiger partial charge on any atom is -0.480 e. The van der Waals surface area contributed by atoms with Crippen LogP contribution >= 0.6 is 12.6 Å². The number of hydrogen-bond donors (Lipinski definition) is 7. The molecular formula is C11H20N4O6S. The monoisotopic (exact) mass is 336 g/mol. The number of nitrogens with two attached hydrogens (primary N) is 1. The maximum Gasteiger partial charge on any atom is 0.322 e. The van der Waals surface area contributed by atoms with E-state index in [2.05, 4.69) is 28.6 Å². The van der Waals surface area contributed by atoms with E-state index >= 15 is 0 Å². The predicted molar refractivity (Wildman–Crippen MR) is 79.1 cm³/mol. The van der Waals surface area contributed by atoms with Gasteiger partial charge in [-0.1, -0.05) is 0 Å². The van der Waals surface area contributed by atoms with Gasteiger partial charge in [-0.3, -0.25) is 19.2 Å². The van der Waals surface area contributed by atoms with E-state index in [0.29, 0.717) is 0 Å². The van der Waals surface area contributed by atoms with Gasteiger partial charge in [0.2, 0.25) is 17.7 Å². The first-order valence-corrected chi connectivity index (χ1v) is 6.94. The van der Waals surface area contributed by atoms with Crippen molar-refractivity contribution in [2.45, 2.75) is 25.1 Å². The van der Waals surface area contributed by atoms with Crippen LogP contribution < -0.4 is 21.7 Å². The number of amides is 3. The lowest BCUT2D eigenvalue weighted by Crippen LogP contribution is -2.58. The van der Waals surface area contributed by atoms with E-state index in [1.165, 1.54) is 6.92 Å². The van der Waals surface area contributed by atoms with Crippen molar-refractivity contribution in [3.8, 4) is 0 Å². The van der Waals surface area contributed by atoms with Crippen LogP contribution in [0.5, 0.6) is 0 Å². The highest BCUT2D eigenvalue weighted by molar-refractivity contribution is 7.80. The Morgan fingerprint density at radius 1 is 1.18 bits per heavy atom. The fourth-order valence-electron chi connectivity index (χ4n) is 1.38. The fourth-order valence-corrected chi connectivity index (χ4v) is 1.64. The summed E-state index contributed by atoms with van der Waals surface area (Å²) in [6, 6.07) is -2.42. The van der Waals surface area contributed by atoms with Gasteiger partial charge in [0.1, 0.15) is 18.6 Å². The normalized spacial score (nSPS) is 14.4. The molecule has 0 spiro atoms. The molecule has 0 bridgehead atoms. The minimum absolute atomic E-state index is 0.103. The third kappa shape index (κ3) is 7.24. The van der Waals surface area contributed by atoms with E-state index < -0.39 is 48.4 Å². The SMILES string of the molecule is C[C@@H](O)[C@H](NC(=O)CN)C(=O)N[C@@H](CS)C(=O)NCC(=O)O. The van der Waals surface area contributed by atoms with Crippen LogP contribution in [-0.4, -0.2) is 70.9 Å². The minimum atomic E-state index is -1.30. The number of carbonyl (C=O) groups excluding carboxylic acids is 3. The second-order valence-electron chi connectivity index (χ2n) is 4.35. The van der Waals surface area contributed by atoms with Crippen molar-refractivity contribution >= 4 is 36.3 Å². The molecule has 0 unspecified atom stereocenters. The number of carbonyl (C=O) groups is 4. The first kappa shape index (κ1) is 20.1. The first-order valence-electron chi connectivity index (χ1n) is 6.31. The van der Waals surface area contributed by atoms with E-state index in [9.17, 15) is 24.3 Å². The zero-order chi connectivity index (χ0) is 17.3. The Morgan fingerprint density at radius 3 is 2.18 bits per heavy atom. The Kier molecular flexibility index (Phi) is 9.13. The van der Waals surface area contributed by atoms with Crippen LogP contribution in [0.15, 0.2) is 0 Å². The number of carboxylic acids is 1. The second-order valence-corrected chi connectivity index (χ2v) is 4.71. The quantitative estimate of drug-likeness (QED) is 0.213. The van der Waals surface area contributed by atoms with Gasteiger partial charge in [-0.15, -0.1) is 0 Å². The van der Waals surface area contributed by atoms with Crippen molar-refractivity contribution in [1.82, 2.24) is 16.0 Å². The molecule has 22 heavy (non-hydrogen) atoms. The van der Waals surface area contributed by atoms with Gasteiger partial charge in [0.25, 0.3) is 0 Å². The van der Waals surface area contributed by atoms with Crippen LogP contribution in [0.4, 0.5) is 0 Å². The summed E-state index contributed by atoms with van der Waals surface area (Å²) in [5.74, 6) is -3.57. The first-order chi connectivity index (χ1) is 10.2. The zero-order valence-corrected chi connectivity index (χ0v) is 12.8. The van der Waals surface area contributed by atoms with Crippen molar-refractivity contribution in [2.24, 2.45) is 5.73 Å². The molecule has 10 nitrogen and oxygen atoms in total. The summed E-state index contributed by atoms with van der Waals surface area (Å²) in [4.78, 5) is 45.3. The molecule has 0 rings (SSSR count). The van der Waals surface area contributed by atoms with Gasteiger partial charge in [-0.05, 0) is 6.92 Å². The van der Waals surface area contributed by atoms with Gasteiger partial charge in [0.05, 0.1) is 12.6 Å². The molecule has 0 aromatic rings. The number of hydrogen-bond acceptors (Lipinski definition) is 7. The highest BCUT2D eigenvalue weighted by atomic mass is 32.1.